The molecule has 0 aliphatic carbocycles. The van der Waals surface area contributed by atoms with E-state index in [2.05, 4.69) is 11.4 Å². The van der Waals surface area contributed by atoms with Crippen LogP contribution in [0.15, 0.2) is 29.4 Å². The Balaban J connectivity index is 2.83. The first kappa shape index (κ1) is 12.5. The fraction of sp³-hybridized carbons (Fsp3) is 0.364. The third kappa shape index (κ3) is 3.56. The van der Waals surface area contributed by atoms with Gasteiger partial charge in [0.15, 0.2) is 0 Å². The molecule has 1 aromatic carbocycles. The van der Waals surface area contributed by atoms with Gasteiger partial charge >= 0.3 is 6.18 Å². The van der Waals surface area contributed by atoms with E-state index in [4.69, 9.17) is 4.84 Å². The summed E-state index contributed by atoms with van der Waals surface area (Å²) in [6.45, 7) is 2.24. The second-order valence-corrected chi connectivity index (χ2v) is 3.08. The average molecular weight is 230 g/mol. The van der Waals surface area contributed by atoms with Gasteiger partial charge in [0.1, 0.15) is 12.8 Å². The smallest absolute Gasteiger partial charge is 0.395 e. The molecule has 1 rings (SSSR count). The zero-order valence-electron chi connectivity index (χ0n) is 8.71. The predicted octanol–water partition coefficient (Wildman–Crippen LogP) is 3.34. The van der Waals surface area contributed by atoms with Crippen LogP contribution < -0.4 is 0 Å². The third-order valence-electron chi connectivity index (χ3n) is 1.76. The minimum absolute atomic E-state index is 0.119. The van der Waals surface area contributed by atoms with Crippen LogP contribution in [0, 0.1) is 0 Å². The summed E-state index contributed by atoms with van der Waals surface area (Å²) in [6.07, 6.45) is -1.42. The highest BCUT2D eigenvalue weighted by molar-refractivity contribution is 5.81. The molecule has 0 saturated heterocycles. The fourth-order valence-electron chi connectivity index (χ4n) is 1.05. The zero-order valence-corrected chi connectivity index (χ0v) is 8.71. The Hall–Kier alpha value is -1.52. The topological polar surface area (TPSA) is 21.6 Å². The van der Waals surface area contributed by atoms with Crippen molar-refractivity contribution in [1.82, 2.24) is 0 Å². The number of benzene rings is 1. The SMILES string of the molecule is CCCO/N=[C]\c1ccccc1C(F)(F)F. The van der Waals surface area contributed by atoms with Crippen LogP contribution in [0.1, 0.15) is 24.5 Å². The lowest BCUT2D eigenvalue weighted by Crippen LogP contribution is -2.08. The summed E-state index contributed by atoms with van der Waals surface area (Å²) >= 11 is 0. The van der Waals surface area contributed by atoms with E-state index < -0.39 is 11.7 Å². The van der Waals surface area contributed by atoms with Gasteiger partial charge in [-0.3, -0.25) is 0 Å². The molecule has 87 valence electrons. The van der Waals surface area contributed by atoms with E-state index in [1.165, 1.54) is 18.2 Å². The first-order chi connectivity index (χ1) is 7.55. The van der Waals surface area contributed by atoms with Crippen molar-refractivity contribution < 1.29 is 18.0 Å². The lowest BCUT2D eigenvalue weighted by Gasteiger charge is -2.08. The monoisotopic (exact) mass is 230 g/mol. The zero-order chi connectivity index (χ0) is 12.0. The van der Waals surface area contributed by atoms with Gasteiger partial charge in [-0.1, -0.05) is 30.3 Å². The molecule has 0 atom stereocenters. The van der Waals surface area contributed by atoms with Gasteiger partial charge in [0.25, 0.3) is 0 Å². The second-order valence-electron chi connectivity index (χ2n) is 3.08. The molecule has 0 aliphatic rings. The van der Waals surface area contributed by atoms with Crippen molar-refractivity contribution in [2.75, 3.05) is 6.61 Å². The van der Waals surface area contributed by atoms with Gasteiger partial charge in [-0.2, -0.15) is 13.2 Å². The van der Waals surface area contributed by atoms with Crippen LogP contribution >= 0.6 is 0 Å². The summed E-state index contributed by atoms with van der Waals surface area (Å²) in [5, 5.41) is 3.36. The van der Waals surface area contributed by atoms with E-state index in [-0.39, 0.29) is 5.56 Å². The summed E-state index contributed by atoms with van der Waals surface area (Å²) in [5.74, 6) is 0. The van der Waals surface area contributed by atoms with Crippen molar-refractivity contribution in [3.8, 4) is 0 Å². The van der Waals surface area contributed by atoms with Gasteiger partial charge in [0.2, 0.25) is 0 Å². The molecule has 0 N–H and O–H groups in total. The molecule has 16 heavy (non-hydrogen) atoms. The molecule has 0 amide bonds. The van der Waals surface area contributed by atoms with Gasteiger partial charge < -0.3 is 4.84 Å². The lowest BCUT2D eigenvalue weighted by atomic mass is 10.1. The maximum Gasteiger partial charge on any atom is 0.417 e. The number of hydrogen-bond acceptors (Lipinski definition) is 2. The van der Waals surface area contributed by atoms with Crippen molar-refractivity contribution in [2.45, 2.75) is 19.5 Å². The summed E-state index contributed by atoms with van der Waals surface area (Å²) in [5.41, 5.74) is -0.884. The first-order valence-corrected chi connectivity index (χ1v) is 4.80. The predicted molar refractivity (Wildman–Crippen MR) is 54.2 cm³/mol. The molecular formula is C11H11F3NO. The van der Waals surface area contributed by atoms with Gasteiger partial charge in [-0.05, 0) is 12.5 Å². The summed E-state index contributed by atoms with van der Waals surface area (Å²) in [4.78, 5) is 4.70. The highest BCUT2D eigenvalue weighted by Gasteiger charge is 2.32. The van der Waals surface area contributed by atoms with Crippen LogP contribution in [0.2, 0.25) is 0 Å². The Morgan fingerprint density at radius 2 is 2.00 bits per heavy atom. The van der Waals surface area contributed by atoms with Crippen LogP contribution in [0.5, 0.6) is 0 Å². The quantitative estimate of drug-likeness (QED) is 0.441. The highest BCUT2D eigenvalue weighted by Crippen LogP contribution is 2.30. The Bertz CT molecular complexity index is 360. The molecule has 0 aliphatic heterocycles. The molecule has 1 aromatic rings. The van der Waals surface area contributed by atoms with Gasteiger partial charge in [-0.15, -0.1) is 0 Å². The normalized spacial score (nSPS) is 12.0. The highest BCUT2D eigenvalue weighted by atomic mass is 19.4. The minimum Gasteiger partial charge on any atom is -0.395 e. The molecule has 0 spiro atoms. The largest absolute Gasteiger partial charge is 0.417 e. The Labute approximate surface area is 91.7 Å². The van der Waals surface area contributed by atoms with Crippen LogP contribution in [0.4, 0.5) is 13.2 Å². The van der Waals surface area contributed by atoms with Crippen molar-refractivity contribution in [1.29, 1.82) is 0 Å². The number of rotatable bonds is 4. The molecule has 0 bridgehead atoms. The van der Waals surface area contributed by atoms with E-state index in [1.807, 2.05) is 6.92 Å². The number of halogens is 3. The van der Waals surface area contributed by atoms with Crippen LogP contribution in [-0.4, -0.2) is 12.8 Å². The molecule has 0 heterocycles. The van der Waals surface area contributed by atoms with E-state index in [9.17, 15) is 13.2 Å². The molecule has 5 heteroatoms. The number of alkyl halides is 3. The van der Waals surface area contributed by atoms with E-state index in [1.54, 1.807) is 0 Å². The number of nitrogens with zero attached hydrogens (tertiary/aromatic N) is 1. The molecule has 0 fully saturated rings. The van der Waals surface area contributed by atoms with Crippen molar-refractivity contribution in [2.24, 2.45) is 5.16 Å². The molecule has 2 nitrogen and oxygen atoms in total. The van der Waals surface area contributed by atoms with Crippen LogP contribution in [-0.2, 0) is 11.0 Å². The van der Waals surface area contributed by atoms with Gasteiger partial charge in [0, 0.05) is 5.56 Å². The summed E-state index contributed by atoms with van der Waals surface area (Å²) < 4.78 is 37.5. The van der Waals surface area contributed by atoms with Crippen LogP contribution in [0.25, 0.3) is 0 Å². The minimum atomic E-state index is -4.40. The Kier molecular flexibility index (Phi) is 4.34. The maximum atomic E-state index is 12.5. The molecule has 0 unspecified atom stereocenters. The van der Waals surface area contributed by atoms with Crippen molar-refractivity contribution in [3.63, 3.8) is 0 Å². The van der Waals surface area contributed by atoms with Crippen LogP contribution in [0.3, 0.4) is 0 Å². The van der Waals surface area contributed by atoms with E-state index >= 15 is 0 Å². The summed E-state index contributed by atoms with van der Waals surface area (Å²) in [7, 11) is 0. The summed E-state index contributed by atoms with van der Waals surface area (Å²) in [6, 6.07) is 5.09. The Morgan fingerprint density at radius 1 is 1.31 bits per heavy atom. The Morgan fingerprint density at radius 3 is 2.62 bits per heavy atom. The molecule has 1 radical (unpaired) electrons. The van der Waals surface area contributed by atoms with Crippen molar-refractivity contribution in [3.05, 3.63) is 35.4 Å². The fourth-order valence-corrected chi connectivity index (χ4v) is 1.05. The molecule has 0 saturated carbocycles. The van der Waals surface area contributed by atoms with E-state index in [0.717, 1.165) is 12.5 Å². The lowest BCUT2D eigenvalue weighted by molar-refractivity contribution is -0.137. The maximum absolute atomic E-state index is 12.5. The average Bonchev–Trinajstić information content (AvgIpc) is 2.24. The third-order valence-corrected chi connectivity index (χ3v) is 1.76. The molecular weight excluding hydrogens is 219 g/mol. The number of hydrogen-bond donors (Lipinski definition) is 0. The van der Waals surface area contributed by atoms with Gasteiger partial charge in [-0.25, -0.2) is 0 Å². The first-order valence-electron chi connectivity index (χ1n) is 4.80. The van der Waals surface area contributed by atoms with Crippen molar-refractivity contribution >= 4 is 6.21 Å². The molecule has 0 aromatic heterocycles. The standard InChI is InChI=1S/C11H11F3NO/c1-2-7-16-15-8-9-5-3-4-6-10(9)11(12,13)14/h3-6H,2,7H2,1H3. The van der Waals surface area contributed by atoms with E-state index in [0.29, 0.717) is 6.61 Å². The van der Waals surface area contributed by atoms with Gasteiger partial charge in [0.05, 0.1) is 5.56 Å². The second kappa shape index (κ2) is 5.53.